The molecule has 3 rings (SSSR count). The molecule has 25 heavy (non-hydrogen) atoms. The molecule has 0 radical (unpaired) electrons. The number of rotatable bonds is 4. The minimum atomic E-state index is -0.656. The molecule has 0 aliphatic rings. The molecular formula is C18H17FN4O2. The van der Waals surface area contributed by atoms with Gasteiger partial charge in [0.05, 0.1) is 23.1 Å². The molecule has 2 aromatic carbocycles. The van der Waals surface area contributed by atoms with Crippen LogP contribution in [-0.4, -0.2) is 21.4 Å². The average molecular weight is 340 g/mol. The van der Waals surface area contributed by atoms with Crippen molar-refractivity contribution in [2.24, 2.45) is 7.05 Å². The highest BCUT2D eigenvalue weighted by atomic mass is 19.1. The Kier molecular flexibility index (Phi) is 4.47. The number of halogens is 1. The van der Waals surface area contributed by atoms with Gasteiger partial charge in [0, 0.05) is 19.7 Å². The summed E-state index contributed by atoms with van der Waals surface area (Å²) in [4.78, 5) is 27.9. The summed E-state index contributed by atoms with van der Waals surface area (Å²) in [6.45, 7) is 1.50. The second kappa shape index (κ2) is 6.72. The summed E-state index contributed by atoms with van der Waals surface area (Å²) in [5.41, 5.74) is 2.01. The zero-order valence-electron chi connectivity index (χ0n) is 13.8. The monoisotopic (exact) mass is 340 g/mol. The molecule has 0 fully saturated rings. The second-order valence-electron chi connectivity index (χ2n) is 5.63. The lowest BCUT2D eigenvalue weighted by molar-refractivity contribution is -0.114. The number of benzene rings is 2. The van der Waals surface area contributed by atoms with E-state index >= 15 is 0 Å². The van der Waals surface area contributed by atoms with E-state index < -0.39 is 11.7 Å². The fourth-order valence-electron chi connectivity index (χ4n) is 2.59. The molecule has 0 saturated carbocycles. The largest absolute Gasteiger partial charge is 0.345 e. The van der Waals surface area contributed by atoms with Crippen LogP contribution >= 0.6 is 0 Å². The first-order valence-corrected chi connectivity index (χ1v) is 7.71. The average Bonchev–Trinajstić information content (AvgIpc) is 2.90. The van der Waals surface area contributed by atoms with Crippen molar-refractivity contribution in [3.8, 4) is 0 Å². The van der Waals surface area contributed by atoms with Gasteiger partial charge in [-0.05, 0) is 30.3 Å². The van der Waals surface area contributed by atoms with Gasteiger partial charge in [-0.2, -0.15) is 0 Å². The SMILES string of the molecule is CC(=O)Nc1ccc(F)c(C(=O)NCc2nc3ccccc3n2C)c1. The van der Waals surface area contributed by atoms with Crippen LogP contribution < -0.4 is 10.6 Å². The number of carbonyl (C=O) groups is 2. The molecular weight excluding hydrogens is 323 g/mol. The zero-order valence-corrected chi connectivity index (χ0v) is 13.8. The van der Waals surface area contributed by atoms with E-state index in [2.05, 4.69) is 15.6 Å². The van der Waals surface area contributed by atoms with Crippen LogP contribution in [0.25, 0.3) is 11.0 Å². The van der Waals surface area contributed by atoms with Gasteiger partial charge in [-0.3, -0.25) is 9.59 Å². The molecule has 0 bridgehead atoms. The molecule has 1 aromatic heterocycles. The van der Waals surface area contributed by atoms with Crippen molar-refractivity contribution in [1.82, 2.24) is 14.9 Å². The van der Waals surface area contributed by atoms with Crippen molar-refractivity contribution < 1.29 is 14.0 Å². The summed E-state index contributed by atoms with van der Waals surface area (Å²) in [5, 5.41) is 5.19. The van der Waals surface area contributed by atoms with Gasteiger partial charge >= 0.3 is 0 Å². The number of nitrogens with one attached hydrogen (secondary N) is 2. The van der Waals surface area contributed by atoms with Crippen LogP contribution in [0.1, 0.15) is 23.1 Å². The predicted molar refractivity (Wildman–Crippen MR) is 92.6 cm³/mol. The number of para-hydroxylation sites is 2. The molecule has 0 unspecified atom stereocenters. The molecule has 1 heterocycles. The first kappa shape index (κ1) is 16.6. The lowest BCUT2D eigenvalue weighted by Gasteiger charge is -2.09. The van der Waals surface area contributed by atoms with Crippen molar-refractivity contribution >= 4 is 28.5 Å². The van der Waals surface area contributed by atoms with Gasteiger partial charge in [-0.1, -0.05) is 12.1 Å². The van der Waals surface area contributed by atoms with E-state index in [0.29, 0.717) is 11.5 Å². The van der Waals surface area contributed by atoms with E-state index in [9.17, 15) is 14.0 Å². The number of aromatic nitrogens is 2. The van der Waals surface area contributed by atoms with Crippen molar-refractivity contribution in [1.29, 1.82) is 0 Å². The number of aryl methyl sites for hydroxylation is 1. The Morgan fingerprint density at radius 1 is 1.20 bits per heavy atom. The van der Waals surface area contributed by atoms with Crippen LogP contribution in [0, 0.1) is 5.82 Å². The topological polar surface area (TPSA) is 76.0 Å². The maximum absolute atomic E-state index is 13.9. The molecule has 2 N–H and O–H groups in total. The van der Waals surface area contributed by atoms with Crippen LogP contribution in [0.5, 0.6) is 0 Å². The molecule has 3 aromatic rings. The maximum Gasteiger partial charge on any atom is 0.254 e. The lowest BCUT2D eigenvalue weighted by atomic mass is 10.1. The minimum absolute atomic E-state index is 0.134. The summed E-state index contributed by atoms with van der Waals surface area (Å²) >= 11 is 0. The third kappa shape index (κ3) is 3.50. The Bertz CT molecular complexity index is 965. The van der Waals surface area contributed by atoms with Gasteiger partial charge in [0.25, 0.3) is 5.91 Å². The second-order valence-corrected chi connectivity index (χ2v) is 5.63. The van der Waals surface area contributed by atoms with Crippen LogP contribution in [0.2, 0.25) is 0 Å². The smallest absolute Gasteiger partial charge is 0.254 e. The summed E-state index contributed by atoms with van der Waals surface area (Å²) in [6, 6.07) is 11.5. The zero-order chi connectivity index (χ0) is 18.0. The van der Waals surface area contributed by atoms with Crippen molar-refractivity contribution in [2.45, 2.75) is 13.5 Å². The summed E-state index contributed by atoms with van der Waals surface area (Å²) < 4.78 is 15.8. The molecule has 0 aliphatic carbocycles. The first-order valence-electron chi connectivity index (χ1n) is 7.71. The Labute approximate surface area is 143 Å². The van der Waals surface area contributed by atoms with Gasteiger partial charge in [-0.15, -0.1) is 0 Å². The fourth-order valence-corrected chi connectivity index (χ4v) is 2.59. The Hall–Kier alpha value is -3.22. The van der Waals surface area contributed by atoms with E-state index in [-0.39, 0.29) is 18.0 Å². The van der Waals surface area contributed by atoms with Crippen molar-refractivity contribution in [3.63, 3.8) is 0 Å². The number of imidazole rings is 1. The molecule has 0 spiro atoms. The maximum atomic E-state index is 13.9. The van der Waals surface area contributed by atoms with Gasteiger partial charge in [0.2, 0.25) is 5.91 Å². The number of anilines is 1. The normalized spacial score (nSPS) is 10.7. The third-order valence-corrected chi connectivity index (χ3v) is 3.82. The van der Waals surface area contributed by atoms with E-state index in [0.717, 1.165) is 17.1 Å². The Morgan fingerprint density at radius 3 is 2.68 bits per heavy atom. The van der Waals surface area contributed by atoms with E-state index in [1.807, 2.05) is 35.9 Å². The molecule has 0 saturated heterocycles. The molecule has 0 atom stereocenters. The molecule has 0 aliphatic heterocycles. The number of fused-ring (bicyclic) bond motifs is 1. The molecule has 6 nitrogen and oxygen atoms in total. The third-order valence-electron chi connectivity index (χ3n) is 3.82. The quantitative estimate of drug-likeness (QED) is 0.766. The first-order chi connectivity index (χ1) is 12.0. The van der Waals surface area contributed by atoms with Crippen LogP contribution in [-0.2, 0) is 18.4 Å². The van der Waals surface area contributed by atoms with Crippen LogP contribution in [0.15, 0.2) is 42.5 Å². The summed E-state index contributed by atoms with van der Waals surface area (Å²) in [6.07, 6.45) is 0. The van der Waals surface area contributed by atoms with Gasteiger partial charge in [-0.25, -0.2) is 9.37 Å². The number of hydrogen-bond acceptors (Lipinski definition) is 3. The lowest BCUT2D eigenvalue weighted by Crippen LogP contribution is -2.25. The highest BCUT2D eigenvalue weighted by Crippen LogP contribution is 2.16. The van der Waals surface area contributed by atoms with Gasteiger partial charge in [0.1, 0.15) is 11.6 Å². The van der Waals surface area contributed by atoms with E-state index in [4.69, 9.17) is 0 Å². The Balaban J connectivity index is 1.78. The van der Waals surface area contributed by atoms with E-state index in [1.165, 1.54) is 19.1 Å². The number of amides is 2. The molecule has 2 amide bonds. The highest BCUT2D eigenvalue weighted by molar-refractivity contribution is 5.97. The van der Waals surface area contributed by atoms with E-state index in [1.54, 1.807) is 0 Å². The van der Waals surface area contributed by atoms with Crippen molar-refractivity contribution in [3.05, 3.63) is 59.7 Å². The summed E-state index contributed by atoms with van der Waals surface area (Å²) in [7, 11) is 1.86. The minimum Gasteiger partial charge on any atom is -0.345 e. The standard InChI is InChI=1S/C18H17FN4O2/c1-11(24)21-12-7-8-14(19)13(9-12)18(25)20-10-17-22-15-5-3-4-6-16(15)23(17)2/h3-9H,10H2,1-2H3,(H,20,25)(H,21,24). The summed E-state index contributed by atoms with van der Waals surface area (Å²) in [5.74, 6) is -0.862. The van der Waals surface area contributed by atoms with Crippen LogP contribution in [0.3, 0.4) is 0 Å². The highest BCUT2D eigenvalue weighted by Gasteiger charge is 2.14. The fraction of sp³-hybridized carbons (Fsp3) is 0.167. The number of hydrogen-bond donors (Lipinski definition) is 2. The van der Waals surface area contributed by atoms with Crippen LogP contribution in [0.4, 0.5) is 10.1 Å². The number of carbonyl (C=O) groups excluding carboxylic acids is 2. The van der Waals surface area contributed by atoms with Gasteiger partial charge in [0.15, 0.2) is 0 Å². The Morgan fingerprint density at radius 2 is 1.96 bits per heavy atom. The molecule has 7 heteroatoms. The van der Waals surface area contributed by atoms with Gasteiger partial charge < -0.3 is 15.2 Å². The molecule has 128 valence electrons. The number of nitrogens with zero attached hydrogens (tertiary/aromatic N) is 2. The predicted octanol–water partition coefficient (Wildman–Crippen LogP) is 2.60. The van der Waals surface area contributed by atoms with Crippen molar-refractivity contribution in [2.75, 3.05) is 5.32 Å².